The number of aromatic nitrogens is 4. The Balaban J connectivity index is 1.40. The van der Waals surface area contributed by atoms with Crippen LogP contribution >= 0.6 is 0 Å². The Hall–Kier alpha value is -4.14. The average molecular weight is 447 g/mol. The van der Waals surface area contributed by atoms with Crippen LogP contribution in [0.4, 0.5) is 5.69 Å². The molecule has 0 aliphatic carbocycles. The van der Waals surface area contributed by atoms with Crippen LogP contribution in [0.1, 0.15) is 32.5 Å². The second-order valence-electron chi connectivity index (χ2n) is 7.79. The highest BCUT2D eigenvalue weighted by Gasteiger charge is 2.15. The van der Waals surface area contributed by atoms with Crippen LogP contribution in [0.2, 0.25) is 0 Å². The molecule has 0 saturated heterocycles. The van der Waals surface area contributed by atoms with E-state index in [0.29, 0.717) is 28.7 Å². The lowest BCUT2D eigenvalue weighted by molar-refractivity contribution is -0.122. The summed E-state index contributed by atoms with van der Waals surface area (Å²) < 4.78 is 14.6. The molecule has 33 heavy (non-hydrogen) atoms. The van der Waals surface area contributed by atoms with Gasteiger partial charge in [-0.1, -0.05) is 24.3 Å². The molecule has 4 aromatic rings. The van der Waals surface area contributed by atoms with Crippen molar-refractivity contribution < 1.29 is 14.3 Å². The van der Waals surface area contributed by atoms with Crippen LogP contribution in [0, 0.1) is 0 Å². The van der Waals surface area contributed by atoms with Gasteiger partial charge in [-0.3, -0.25) is 14.3 Å². The molecule has 0 radical (unpaired) electrons. The van der Waals surface area contributed by atoms with Gasteiger partial charge in [0.25, 0.3) is 17.2 Å². The van der Waals surface area contributed by atoms with Crippen molar-refractivity contribution in [1.29, 1.82) is 0 Å². The van der Waals surface area contributed by atoms with E-state index in [9.17, 15) is 9.59 Å². The van der Waals surface area contributed by atoms with Crippen molar-refractivity contribution in [3.8, 4) is 11.5 Å². The van der Waals surface area contributed by atoms with E-state index in [1.807, 2.05) is 32.0 Å². The molecule has 2 heterocycles. The maximum Gasteiger partial charge on any atom is 0.274 e. The Morgan fingerprint density at radius 1 is 1.03 bits per heavy atom. The normalized spacial score (nSPS) is 12.0. The minimum atomic E-state index is -0.675. The Bertz CT molecular complexity index is 1310. The summed E-state index contributed by atoms with van der Waals surface area (Å²) in [5, 5.41) is 2.82. The van der Waals surface area contributed by atoms with Gasteiger partial charge in [0.15, 0.2) is 6.10 Å². The quantitative estimate of drug-likeness (QED) is 0.444. The maximum absolute atomic E-state index is 12.5. The zero-order valence-corrected chi connectivity index (χ0v) is 18.6. The number of ether oxygens (including phenoxy) is 2. The molecule has 170 valence electrons. The molecular formula is C24H25N5O4. The van der Waals surface area contributed by atoms with Crippen molar-refractivity contribution in [2.75, 3.05) is 5.32 Å². The van der Waals surface area contributed by atoms with Crippen LogP contribution in [0.5, 0.6) is 11.5 Å². The molecule has 1 amide bonds. The van der Waals surface area contributed by atoms with Gasteiger partial charge in [0, 0.05) is 23.9 Å². The molecule has 9 heteroatoms. The van der Waals surface area contributed by atoms with E-state index in [0.717, 1.165) is 0 Å². The molecule has 1 atom stereocenters. The molecule has 0 aliphatic rings. The lowest BCUT2D eigenvalue weighted by atomic mass is 10.2. The van der Waals surface area contributed by atoms with Crippen molar-refractivity contribution in [2.24, 2.45) is 0 Å². The van der Waals surface area contributed by atoms with E-state index < -0.39 is 6.10 Å². The van der Waals surface area contributed by atoms with Crippen LogP contribution < -0.4 is 20.3 Å². The third-order valence-corrected chi connectivity index (χ3v) is 4.90. The highest BCUT2D eigenvalue weighted by molar-refractivity contribution is 5.94. The summed E-state index contributed by atoms with van der Waals surface area (Å²) in [6, 6.07) is 17.7. The predicted octanol–water partition coefficient (Wildman–Crippen LogP) is 3.46. The van der Waals surface area contributed by atoms with E-state index in [2.05, 4.69) is 15.3 Å². The number of carbonyl (C=O) groups excluding carboxylic acids is 1. The number of para-hydroxylation sites is 1. The van der Waals surface area contributed by atoms with Crippen molar-refractivity contribution in [3.63, 3.8) is 0 Å². The average Bonchev–Trinajstić information content (AvgIpc) is 3.24. The zero-order chi connectivity index (χ0) is 23.4. The maximum atomic E-state index is 12.5. The molecule has 0 saturated carbocycles. The minimum absolute atomic E-state index is 0.0790. The zero-order valence-electron chi connectivity index (χ0n) is 18.6. The Labute approximate surface area is 190 Å². The standard InChI is InChI=1S/C24H25N5O4/c1-16(2)28-15-25-24-27-19(13-22(30)29(24)28)14-32-21-11-7-8-18(12-21)26-23(31)17(3)33-20-9-5-4-6-10-20/h4-13,15-17H,14H2,1-3H3,(H,26,31). The van der Waals surface area contributed by atoms with E-state index in [-0.39, 0.29) is 24.1 Å². The third kappa shape index (κ3) is 5.20. The number of nitrogens with one attached hydrogen (secondary N) is 1. The summed E-state index contributed by atoms with van der Waals surface area (Å²) in [6.45, 7) is 5.70. The molecule has 2 aromatic carbocycles. The third-order valence-electron chi connectivity index (χ3n) is 4.90. The number of nitrogens with zero attached hydrogens (tertiary/aromatic N) is 4. The number of fused-ring (bicyclic) bond motifs is 1. The lowest BCUT2D eigenvalue weighted by Crippen LogP contribution is -2.30. The van der Waals surface area contributed by atoms with E-state index in [4.69, 9.17) is 9.47 Å². The Morgan fingerprint density at radius 3 is 2.55 bits per heavy atom. The molecule has 2 aromatic heterocycles. The van der Waals surface area contributed by atoms with Crippen LogP contribution in [0.25, 0.3) is 5.78 Å². The number of hydrogen-bond acceptors (Lipinski definition) is 6. The number of hydrogen-bond donors (Lipinski definition) is 1. The molecule has 0 fully saturated rings. The summed E-state index contributed by atoms with van der Waals surface area (Å²) in [4.78, 5) is 33.6. The molecule has 1 unspecified atom stereocenters. The summed E-state index contributed by atoms with van der Waals surface area (Å²) >= 11 is 0. The van der Waals surface area contributed by atoms with Crippen LogP contribution in [0.3, 0.4) is 0 Å². The van der Waals surface area contributed by atoms with Gasteiger partial charge in [-0.15, -0.1) is 0 Å². The van der Waals surface area contributed by atoms with Gasteiger partial charge < -0.3 is 14.8 Å². The summed E-state index contributed by atoms with van der Waals surface area (Å²) in [5.41, 5.74) is 0.812. The highest BCUT2D eigenvalue weighted by atomic mass is 16.5. The second-order valence-corrected chi connectivity index (χ2v) is 7.79. The fourth-order valence-electron chi connectivity index (χ4n) is 3.23. The number of rotatable bonds is 8. The van der Waals surface area contributed by atoms with Gasteiger partial charge >= 0.3 is 0 Å². The molecular weight excluding hydrogens is 422 g/mol. The molecule has 0 aliphatic heterocycles. The van der Waals surface area contributed by atoms with Crippen LogP contribution in [-0.2, 0) is 11.4 Å². The summed E-state index contributed by atoms with van der Waals surface area (Å²) in [5.74, 6) is 1.19. The topological polar surface area (TPSA) is 99.7 Å². The first-order valence-corrected chi connectivity index (χ1v) is 10.6. The fraction of sp³-hybridized carbons (Fsp3) is 0.250. The van der Waals surface area contributed by atoms with Gasteiger partial charge in [0.05, 0.1) is 5.69 Å². The van der Waals surface area contributed by atoms with E-state index in [1.165, 1.54) is 10.6 Å². The molecule has 4 rings (SSSR count). The van der Waals surface area contributed by atoms with Crippen LogP contribution in [0.15, 0.2) is 71.8 Å². The van der Waals surface area contributed by atoms with Crippen molar-refractivity contribution >= 4 is 17.4 Å². The van der Waals surface area contributed by atoms with Crippen LogP contribution in [-0.4, -0.2) is 31.2 Å². The monoisotopic (exact) mass is 447 g/mol. The van der Waals surface area contributed by atoms with Gasteiger partial charge in [-0.05, 0) is 45.0 Å². The second kappa shape index (κ2) is 9.56. The molecule has 9 nitrogen and oxygen atoms in total. The van der Waals surface area contributed by atoms with E-state index in [1.54, 1.807) is 54.3 Å². The van der Waals surface area contributed by atoms with Gasteiger partial charge in [0.2, 0.25) is 0 Å². The number of amides is 1. The summed E-state index contributed by atoms with van der Waals surface area (Å²) in [6.07, 6.45) is 0.916. The predicted molar refractivity (Wildman–Crippen MR) is 124 cm³/mol. The largest absolute Gasteiger partial charge is 0.487 e. The van der Waals surface area contributed by atoms with Gasteiger partial charge in [0.1, 0.15) is 24.4 Å². The Morgan fingerprint density at radius 2 is 1.79 bits per heavy atom. The number of carbonyl (C=O) groups is 1. The molecule has 0 bridgehead atoms. The van der Waals surface area contributed by atoms with Gasteiger partial charge in [-0.25, -0.2) is 4.98 Å². The van der Waals surface area contributed by atoms with E-state index >= 15 is 0 Å². The molecule has 0 spiro atoms. The molecule has 1 N–H and O–H groups in total. The highest BCUT2D eigenvalue weighted by Crippen LogP contribution is 2.19. The summed E-state index contributed by atoms with van der Waals surface area (Å²) in [7, 11) is 0. The van der Waals surface area contributed by atoms with Crippen molar-refractivity contribution in [1.82, 2.24) is 19.2 Å². The Kier molecular flexibility index (Phi) is 6.39. The smallest absolute Gasteiger partial charge is 0.274 e. The van der Waals surface area contributed by atoms with Crippen molar-refractivity contribution in [3.05, 3.63) is 83.0 Å². The first-order valence-electron chi connectivity index (χ1n) is 10.6. The SMILES string of the molecule is CC(Oc1ccccc1)C(=O)Nc1cccc(OCc2cc(=O)n3c(ncn3C(C)C)n2)c1. The lowest BCUT2D eigenvalue weighted by Gasteiger charge is -2.15. The van der Waals surface area contributed by atoms with Gasteiger partial charge in [-0.2, -0.15) is 9.50 Å². The van der Waals surface area contributed by atoms with Crippen molar-refractivity contribution in [2.45, 2.75) is 39.5 Å². The number of benzene rings is 2. The fourth-order valence-corrected chi connectivity index (χ4v) is 3.23. The minimum Gasteiger partial charge on any atom is -0.487 e. The number of anilines is 1. The first-order chi connectivity index (χ1) is 15.9. The first kappa shape index (κ1) is 22.1.